The molecule has 0 unspecified atom stereocenters. The molecule has 2 N–H and O–H groups in total. The number of nitrogens with zero attached hydrogens (tertiary/aromatic N) is 3. The molecule has 8 heteroatoms. The van der Waals surface area contributed by atoms with E-state index in [9.17, 15) is 24.2 Å². The number of hydrogen-bond donors (Lipinski definition) is 2. The summed E-state index contributed by atoms with van der Waals surface area (Å²) in [5.41, 5.74) is 0.550. The monoisotopic (exact) mass is 361 g/mol. The van der Waals surface area contributed by atoms with Crippen LogP contribution in [0.25, 0.3) is 0 Å². The lowest BCUT2D eigenvalue weighted by Gasteiger charge is -2.32. The van der Waals surface area contributed by atoms with Crippen molar-refractivity contribution in [2.45, 2.75) is 13.0 Å². The zero-order valence-corrected chi connectivity index (χ0v) is 14.6. The molecular weight excluding hydrogens is 341 g/mol. The molecule has 7 nitrogen and oxygen atoms in total. The molecule has 2 heterocycles. The van der Waals surface area contributed by atoms with Gasteiger partial charge in [0.1, 0.15) is 18.4 Å². The number of anilines is 1. The fourth-order valence-electron chi connectivity index (χ4n) is 3.31. The molecule has 1 amide bonds. The fourth-order valence-corrected chi connectivity index (χ4v) is 3.31. The van der Waals surface area contributed by atoms with Gasteiger partial charge in [-0.05, 0) is 24.1 Å². The fraction of sp³-hybridized carbons (Fsp3) is 0.333. The Morgan fingerprint density at radius 2 is 1.88 bits per heavy atom. The minimum Gasteiger partial charge on any atom is -0.502 e. The third-order valence-corrected chi connectivity index (χ3v) is 4.63. The molecule has 0 radical (unpaired) electrons. The predicted octanol–water partition coefficient (Wildman–Crippen LogP) is 0.814. The van der Waals surface area contributed by atoms with Gasteiger partial charge in [-0.25, -0.2) is 4.39 Å². The van der Waals surface area contributed by atoms with Crippen LogP contribution in [0, 0.1) is 5.82 Å². The second kappa shape index (κ2) is 6.80. The van der Waals surface area contributed by atoms with Crippen LogP contribution in [0.5, 0.6) is 5.75 Å². The zero-order chi connectivity index (χ0) is 19.0. The number of fused-ring (bicyclic) bond motifs is 1. The molecule has 0 atom stereocenters. The number of amides is 1. The number of aromatic nitrogens is 1. The van der Waals surface area contributed by atoms with E-state index in [1.54, 1.807) is 19.2 Å². The molecule has 138 valence electrons. The van der Waals surface area contributed by atoms with Crippen LogP contribution in [0.3, 0.4) is 0 Å². The number of rotatable bonds is 4. The van der Waals surface area contributed by atoms with Crippen molar-refractivity contribution < 1.29 is 19.4 Å². The molecule has 1 aliphatic rings. The summed E-state index contributed by atoms with van der Waals surface area (Å²) in [6.07, 6.45) is 0.420. The average molecular weight is 361 g/mol. The maximum atomic E-state index is 13.1. The van der Waals surface area contributed by atoms with Gasteiger partial charge in [0.2, 0.25) is 0 Å². The highest BCUT2D eigenvalue weighted by Crippen LogP contribution is 2.32. The van der Waals surface area contributed by atoms with Gasteiger partial charge in [-0.2, -0.15) is 0 Å². The van der Waals surface area contributed by atoms with E-state index in [2.05, 4.69) is 0 Å². The number of carbonyl (C=O) groups is 1. The Labute approximate surface area is 149 Å². The van der Waals surface area contributed by atoms with Crippen molar-refractivity contribution in [3.8, 4) is 5.75 Å². The number of carbonyl (C=O) groups excluding carboxylic acids is 1. The van der Waals surface area contributed by atoms with Gasteiger partial charge in [0.25, 0.3) is 11.5 Å². The summed E-state index contributed by atoms with van der Waals surface area (Å²) in [7, 11) is 3.08. The first-order valence-corrected chi connectivity index (χ1v) is 8.15. The lowest BCUT2D eigenvalue weighted by molar-refractivity contribution is 0.0722. The van der Waals surface area contributed by atoms with Crippen LogP contribution in [-0.4, -0.2) is 45.9 Å². The van der Waals surface area contributed by atoms with Crippen molar-refractivity contribution in [1.29, 1.82) is 0 Å². The number of aromatic hydroxyl groups is 1. The van der Waals surface area contributed by atoms with Crippen molar-refractivity contribution in [2.24, 2.45) is 7.05 Å². The van der Waals surface area contributed by atoms with Gasteiger partial charge in [0.15, 0.2) is 5.75 Å². The number of halogens is 1. The molecule has 0 bridgehead atoms. The molecule has 1 aromatic heterocycles. The molecule has 3 rings (SSSR count). The summed E-state index contributed by atoms with van der Waals surface area (Å²) in [6.45, 7) is 0.295. The number of hydrogen-bond acceptors (Lipinski definition) is 5. The third kappa shape index (κ3) is 2.92. The lowest BCUT2D eigenvalue weighted by Crippen LogP contribution is -2.41. The summed E-state index contributed by atoms with van der Waals surface area (Å²) in [4.78, 5) is 28.2. The molecule has 26 heavy (non-hydrogen) atoms. The third-order valence-electron chi connectivity index (χ3n) is 4.63. The number of aliphatic hydroxyl groups is 1. The van der Waals surface area contributed by atoms with Crippen molar-refractivity contribution in [3.05, 3.63) is 57.1 Å². The topological polar surface area (TPSA) is 86.0 Å². The molecule has 2 aromatic rings. The largest absolute Gasteiger partial charge is 0.502 e. The van der Waals surface area contributed by atoms with E-state index >= 15 is 0 Å². The summed E-state index contributed by atoms with van der Waals surface area (Å²) < 4.78 is 14.3. The Balaban J connectivity index is 2.03. The first-order chi connectivity index (χ1) is 12.3. The summed E-state index contributed by atoms with van der Waals surface area (Å²) in [5, 5.41) is 19.7. The molecule has 0 fully saturated rings. The van der Waals surface area contributed by atoms with Gasteiger partial charge in [-0.1, -0.05) is 12.1 Å². The number of pyridine rings is 1. The van der Waals surface area contributed by atoms with Crippen LogP contribution in [0.15, 0.2) is 29.1 Å². The summed E-state index contributed by atoms with van der Waals surface area (Å²) >= 11 is 0. The lowest BCUT2D eigenvalue weighted by atomic mass is 9.97. The Kier molecular flexibility index (Phi) is 4.69. The SMILES string of the molecule is CN(CO)c1c2c(c(O)c(=O)n1C)C(=O)N(Cc1ccc(F)cc1)CC2. The van der Waals surface area contributed by atoms with Crippen LogP contribution < -0.4 is 10.5 Å². The molecule has 0 saturated heterocycles. The predicted molar refractivity (Wildman–Crippen MR) is 93.7 cm³/mol. The first kappa shape index (κ1) is 17.9. The van der Waals surface area contributed by atoms with E-state index in [0.29, 0.717) is 24.3 Å². The Bertz CT molecular complexity index is 908. The minimum atomic E-state index is -0.698. The van der Waals surface area contributed by atoms with E-state index in [0.717, 1.165) is 5.56 Å². The molecule has 0 spiro atoms. The van der Waals surface area contributed by atoms with Crippen molar-refractivity contribution in [1.82, 2.24) is 9.47 Å². The van der Waals surface area contributed by atoms with Crippen LogP contribution in [-0.2, 0) is 20.0 Å². The van der Waals surface area contributed by atoms with Crippen LogP contribution in [0.2, 0.25) is 0 Å². The van der Waals surface area contributed by atoms with Crippen molar-refractivity contribution >= 4 is 11.7 Å². The quantitative estimate of drug-likeness (QED) is 0.788. The maximum absolute atomic E-state index is 13.1. The van der Waals surface area contributed by atoms with E-state index in [-0.39, 0.29) is 24.7 Å². The molecule has 1 aliphatic heterocycles. The second-order valence-corrected chi connectivity index (χ2v) is 6.33. The van der Waals surface area contributed by atoms with Crippen LogP contribution >= 0.6 is 0 Å². The van der Waals surface area contributed by atoms with Crippen LogP contribution in [0.4, 0.5) is 10.2 Å². The maximum Gasteiger partial charge on any atom is 0.294 e. The Hall–Kier alpha value is -2.87. The molecule has 1 aromatic carbocycles. The smallest absolute Gasteiger partial charge is 0.294 e. The highest BCUT2D eigenvalue weighted by atomic mass is 19.1. The van der Waals surface area contributed by atoms with Gasteiger partial charge >= 0.3 is 0 Å². The summed E-state index contributed by atoms with van der Waals surface area (Å²) in [6, 6.07) is 5.82. The van der Waals surface area contributed by atoms with Crippen molar-refractivity contribution in [3.63, 3.8) is 0 Å². The molecule has 0 saturated carbocycles. The Morgan fingerprint density at radius 3 is 2.50 bits per heavy atom. The van der Waals surface area contributed by atoms with Gasteiger partial charge in [-0.15, -0.1) is 0 Å². The normalized spacial score (nSPS) is 13.7. The first-order valence-electron chi connectivity index (χ1n) is 8.15. The van der Waals surface area contributed by atoms with E-state index in [1.165, 1.54) is 33.5 Å². The number of benzene rings is 1. The standard InChI is InChI=1S/C18H20FN3O4/c1-20(10-23)16-13-7-8-22(9-11-3-5-12(19)6-4-11)17(25)14(13)15(24)18(26)21(16)2/h3-6,23-24H,7-10H2,1-2H3. The molecule has 0 aliphatic carbocycles. The summed E-state index contributed by atoms with van der Waals surface area (Å²) in [5.74, 6) is -1.01. The highest BCUT2D eigenvalue weighted by Gasteiger charge is 2.33. The van der Waals surface area contributed by atoms with Gasteiger partial charge in [0, 0.05) is 32.7 Å². The Morgan fingerprint density at radius 1 is 1.23 bits per heavy atom. The highest BCUT2D eigenvalue weighted by molar-refractivity contribution is 6.00. The van der Waals surface area contributed by atoms with Crippen LogP contribution in [0.1, 0.15) is 21.5 Å². The zero-order valence-electron chi connectivity index (χ0n) is 14.6. The van der Waals surface area contributed by atoms with E-state index in [4.69, 9.17) is 0 Å². The van der Waals surface area contributed by atoms with Gasteiger partial charge in [0.05, 0.1) is 5.56 Å². The van der Waals surface area contributed by atoms with Gasteiger partial charge < -0.3 is 20.0 Å². The van der Waals surface area contributed by atoms with Gasteiger partial charge in [-0.3, -0.25) is 14.2 Å². The van der Waals surface area contributed by atoms with E-state index < -0.39 is 17.2 Å². The average Bonchev–Trinajstić information content (AvgIpc) is 2.63. The number of aliphatic hydroxyl groups excluding tert-OH is 1. The molecular formula is C18H20FN3O4. The second-order valence-electron chi connectivity index (χ2n) is 6.33. The van der Waals surface area contributed by atoms with E-state index in [1.807, 2.05) is 0 Å². The van der Waals surface area contributed by atoms with Crippen molar-refractivity contribution in [2.75, 3.05) is 25.2 Å². The minimum absolute atomic E-state index is 0.0308.